The quantitative estimate of drug-likeness (QED) is 0.685. The zero-order valence-corrected chi connectivity index (χ0v) is 17.8. The van der Waals surface area contributed by atoms with Gasteiger partial charge in [0.15, 0.2) is 0 Å². The number of amides is 1. The number of benzene rings is 1. The first-order valence-corrected chi connectivity index (χ1v) is 11.6. The normalized spacial score (nSPS) is 19.8. The van der Waals surface area contributed by atoms with Crippen LogP contribution in [0.25, 0.3) is 0 Å². The molecule has 0 radical (unpaired) electrons. The largest absolute Gasteiger partial charge is 0.352 e. The number of carbonyl (C=O) groups is 1. The molecule has 1 aromatic rings. The zero-order valence-electron chi connectivity index (χ0n) is 17.0. The molecular weight excluding hydrogens is 376 g/mol. The Labute approximate surface area is 168 Å². The summed E-state index contributed by atoms with van der Waals surface area (Å²) in [4.78, 5) is 17.6. The number of aryl methyl sites for hydroxylation is 1. The highest BCUT2D eigenvalue weighted by Crippen LogP contribution is 2.23. The summed E-state index contributed by atoms with van der Waals surface area (Å²) >= 11 is 0. The van der Waals surface area contributed by atoms with Gasteiger partial charge in [0, 0.05) is 51.4 Å². The molecule has 1 amide bonds. The summed E-state index contributed by atoms with van der Waals surface area (Å²) in [6.07, 6.45) is 2.68. The predicted molar refractivity (Wildman–Crippen MR) is 110 cm³/mol. The van der Waals surface area contributed by atoms with E-state index in [1.165, 1.54) is 10.4 Å². The Bertz CT molecular complexity index is 783. The van der Waals surface area contributed by atoms with Crippen molar-refractivity contribution < 1.29 is 13.2 Å². The van der Waals surface area contributed by atoms with Crippen LogP contribution in [0.15, 0.2) is 23.1 Å². The number of likely N-dealkylation sites (N-methyl/N-ethyl adjacent to an activating group) is 1. The van der Waals surface area contributed by atoms with E-state index in [0.29, 0.717) is 25.2 Å². The highest BCUT2D eigenvalue weighted by atomic mass is 32.2. The van der Waals surface area contributed by atoms with Crippen LogP contribution in [-0.2, 0) is 10.0 Å². The van der Waals surface area contributed by atoms with Crippen LogP contribution in [0.4, 0.5) is 0 Å². The molecule has 7 nitrogen and oxygen atoms in total. The lowest BCUT2D eigenvalue weighted by atomic mass is 10.1. The van der Waals surface area contributed by atoms with E-state index in [9.17, 15) is 13.2 Å². The minimum atomic E-state index is -3.51. The molecule has 0 aliphatic carbocycles. The number of hydrogen-bond acceptors (Lipinski definition) is 5. The maximum atomic E-state index is 12.8. The fourth-order valence-electron chi connectivity index (χ4n) is 3.76. The van der Waals surface area contributed by atoms with Crippen molar-refractivity contribution in [2.75, 3.05) is 59.4 Å². The van der Waals surface area contributed by atoms with E-state index in [1.807, 2.05) is 6.92 Å². The Kier molecular flexibility index (Phi) is 7.09. The van der Waals surface area contributed by atoms with Gasteiger partial charge in [-0.1, -0.05) is 6.07 Å². The van der Waals surface area contributed by atoms with E-state index in [2.05, 4.69) is 22.2 Å². The number of carbonyl (C=O) groups excluding carboxylic acids is 1. The molecule has 156 valence electrons. The third-order valence-electron chi connectivity index (χ3n) is 5.69. The second kappa shape index (κ2) is 9.35. The predicted octanol–water partition coefficient (Wildman–Crippen LogP) is 1.15. The van der Waals surface area contributed by atoms with E-state index >= 15 is 0 Å². The van der Waals surface area contributed by atoms with Crippen LogP contribution in [0.3, 0.4) is 0 Å². The first-order chi connectivity index (χ1) is 13.4. The van der Waals surface area contributed by atoms with Crippen molar-refractivity contribution in [2.24, 2.45) is 0 Å². The summed E-state index contributed by atoms with van der Waals surface area (Å²) in [6.45, 7) is 8.83. The van der Waals surface area contributed by atoms with Gasteiger partial charge in [-0.25, -0.2) is 8.42 Å². The van der Waals surface area contributed by atoms with Crippen molar-refractivity contribution in [2.45, 2.75) is 31.1 Å². The topological polar surface area (TPSA) is 73.0 Å². The second-order valence-corrected chi connectivity index (χ2v) is 9.78. The van der Waals surface area contributed by atoms with Crippen LogP contribution in [0.2, 0.25) is 0 Å². The van der Waals surface area contributed by atoms with E-state index in [1.54, 1.807) is 12.1 Å². The Morgan fingerprint density at radius 1 is 1.07 bits per heavy atom. The van der Waals surface area contributed by atoms with Crippen LogP contribution in [0, 0.1) is 6.92 Å². The number of nitrogens with one attached hydrogen (secondary N) is 1. The van der Waals surface area contributed by atoms with Gasteiger partial charge >= 0.3 is 0 Å². The Balaban J connectivity index is 1.56. The SMILES string of the molecule is Cc1ccc(S(=O)(=O)N2CCCC2)cc1C(=O)NCCCN1CCN(C)CC1. The molecule has 8 heteroatoms. The molecule has 2 aliphatic heterocycles. The average Bonchev–Trinajstić information content (AvgIpc) is 3.22. The Morgan fingerprint density at radius 2 is 1.75 bits per heavy atom. The summed E-state index contributed by atoms with van der Waals surface area (Å²) in [5.41, 5.74) is 1.23. The van der Waals surface area contributed by atoms with E-state index in [4.69, 9.17) is 0 Å². The van der Waals surface area contributed by atoms with Crippen LogP contribution < -0.4 is 5.32 Å². The average molecular weight is 409 g/mol. The van der Waals surface area contributed by atoms with E-state index in [0.717, 1.165) is 57.5 Å². The number of hydrogen-bond donors (Lipinski definition) is 1. The molecule has 0 bridgehead atoms. The molecular formula is C20H32N4O3S. The van der Waals surface area contributed by atoms with Crippen molar-refractivity contribution in [3.05, 3.63) is 29.3 Å². The number of sulfonamides is 1. The zero-order chi connectivity index (χ0) is 20.1. The molecule has 2 aliphatic rings. The molecule has 2 fully saturated rings. The number of nitrogens with zero attached hydrogens (tertiary/aromatic N) is 3. The molecule has 1 N–H and O–H groups in total. The maximum absolute atomic E-state index is 12.8. The molecule has 2 saturated heterocycles. The van der Waals surface area contributed by atoms with Crippen LogP contribution in [-0.4, -0.2) is 87.8 Å². The van der Waals surface area contributed by atoms with Crippen molar-refractivity contribution >= 4 is 15.9 Å². The van der Waals surface area contributed by atoms with Crippen LogP contribution in [0.5, 0.6) is 0 Å². The lowest BCUT2D eigenvalue weighted by Gasteiger charge is -2.32. The molecule has 0 spiro atoms. The molecule has 2 heterocycles. The monoisotopic (exact) mass is 408 g/mol. The minimum absolute atomic E-state index is 0.200. The maximum Gasteiger partial charge on any atom is 0.251 e. The molecule has 0 unspecified atom stereocenters. The van der Waals surface area contributed by atoms with Crippen LogP contribution in [0.1, 0.15) is 35.2 Å². The van der Waals surface area contributed by atoms with Gasteiger partial charge in [-0.2, -0.15) is 4.31 Å². The van der Waals surface area contributed by atoms with E-state index in [-0.39, 0.29) is 10.8 Å². The van der Waals surface area contributed by atoms with Gasteiger partial charge in [0.2, 0.25) is 10.0 Å². The van der Waals surface area contributed by atoms with E-state index < -0.39 is 10.0 Å². The van der Waals surface area contributed by atoms with Gasteiger partial charge in [0.05, 0.1) is 4.90 Å². The van der Waals surface area contributed by atoms with Gasteiger partial charge in [-0.15, -0.1) is 0 Å². The molecule has 28 heavy (non-hydrogen) atoms. The number of piperazine rings is 1. The van der Waals surface area contributed by atoms with Gasteiger partial charge in [-0.05, 0) is 57.5 Å². The highest BCUT2D eigenvalue weighted by Gasteiger charge is 2.28. The molecule has 1 aromatic carbocycles. The van der Waals surface area contributed by atoms with Crippen molar-refractivity contribution in [3.8, 4) is 0 Å². The van der Waals surface area contributed by atoms with Gasteiger partial charge in [-0.3, -0.25) is 4.79 Å². The molecule has 3 rings (SSSR count). The third-order valence-corrected chi connectivity index (χ3v) is 7.58. The van der Waals surface area contributed by atoms with Gasteiger partial charge in [0.25, 0.3) is 5.91 Å². The lowest BCUT2D eigenvalue weighted by Crippen LogP contribution is -2.45. The molecule has 0 aromatic heterocycles. The summed E-state index contributed by atoms with van der Waals surface area (Å²) in [7, 11) is -1.38. The number of rotatable bonds is 7. The first kappa shape index (κ1) is 21.2. The Hall–Kier alpha value is -1.48. The lowest BCUT2D eigenvalue weighted by molar-refractivity contribution is 0.0948. The molecule has 0 saturated carbocycles. The van der Waals surface area contributed by atoms with Crippen molar-refractivity contribution in [3.63, 3.8) is 0 Å². The standard InChI is InChI=1S/C20H32N4O3S/c1-17-6-7-18(28(26,27)24-10-3-4-11-24)16-19(17)20(25)21-8-5-9-23-14-12-22(2)13-15-23/h6-7,16H,3-5,8-15H2,1-2H3,(H,21,25). The summed E-state index contributed by atoms with van der Waals surface area (Å²) in [6, 6.07) is 4.86. The molecule has 0 atom stereocenters. The summed E-state index contributed by atoms with van der Waals surface area (Å²) in [5.74, 6) is -0.200. The third kappa shape index (κ3) is 5.11. The van der Waals surface area contributed by atoms with Gasteiger partial charge in [0.1, 0.15) is 0 Å². The highest BCUT2D eigenvalue weighted by molar-refractivity contribution is 7.89. The smallest absolute Gasteiger partial charge is 0.251 e. The van der Waals surface area contributed by atoms with Crippen LogP contribution >= 0.6 is 0 Å². The minimum Gasteiger partial charge on any atom is -0.352 e. The Morgan fingerprint density at radius 3 is 2.43 bits per heavy atom. The van der Waals surface area contributed by atoms with Crippen molar-refractivity contribution in [1.82, 2.24) is 19.4 Å². The summed E-state index contributed by atoms with van der Waals surface area (Å²) in [5, 5.41) is 2.95. The fraction of sp³-hybridized carbons (Fsp3) is 0.650. The fourth-order valence-corrected chi connectivity index (χ4v) is 5.30. The second-order valence-electron chi connectivity index (χ2n) is 7.84. The van der Waals surface area contributed by atoms with Gasteiger partial charge < -0.3 is 15.1 Å². The van der Waals surface area contributed by atoms with Crippen molar-refractivity contribution in [1.29, 1.82) is 0 Å². The summed E-state index contributed by atoms with van der Waals surface area (Å²) < 4.78 is 27.0. The first-order valence-electron chi connectivity index (χ1n) is 10.2.